The van der Waals surface area contributed by atoms with Crippen LogP contribution < -0.4 is 0 Å². The van der Waals surface area contributed by atoms with Gasteiger partial charge in [-0.15, -0.1) is 0 Å². The smallest absolute Gasteiger partial charge is 0.372 e. The summed E-state index contributed by atoms with van der Waals surface area (Å²) >= 11 is 1.07. The summed E-state index contributed by atoms with van der Waals surface area (Å²) in [5.74, 6) is 0. The van der Waals surface area contributed by atoms with Gasteiger partial charge in [0.05, 0.1) is 11.0 Å². The third-order valence-corrected chi connectivity index (χ3v) is 3.74. The monoisotopic (exact) mass is 209 g/mol. The predicted molar refractivity (Wildman–Crippen MR) is 53.6 cm³/mol. The second-order valence-corrected chi connectivity index (χ2v) is 4.62. The molecular formula is C10H11NO2S. The van der Waals surface area contributed by atoms with Gasteiger partial charge in [-0.2, -0.15) is 5.26 Å². The number of carbonyl (C=O) groups excluding carboxylic acids is 1. The summed E-state index contributed by atoms with van der Waals surface area (Å²) in [4.78, 5) is 12.0. The zero-order valence-electron chi connectivity index (χ0n) is 7.78. The van der Waals surface area contributed by atoms with Crippen molar-refractivity contribution in [1.29, 1.82) is 5.26 Å². The van der Waals surface area contributed by atoms with Crippen LogP contribution >= 0.6 is 11.8 Å². The van der Waals surface area contributed by atoms with Crippen LogP contribution in [0.5, 0.6) is 0 Å². The molecule has 0 N–H and O–H groups in total. The van der Waals surface area contributed by atoms with E-state index in [0.717, 1.165) is 42.4 Å². The average Bonchev–Trinajstić information content (AvgIpc) is 2.45. The molecule has 1 saturated carbocycles. The first-order valence-electron chi connectivity index (χ1n) is 4.78. The van der Waals surface area contributed by atoms with Crippen LogP contribution in [0, 0.1) is 11.3 Å². The van der Waals surface area contributed by atoms with Crippen molar-refractivity contribution in [2.24, 2.45) is 0 Å². The van der Waals surface area contributed by atoms with E-state index in [1.165, 1.54) is 12.5 Å². The van der Waals surface area contributed by atoms with E-state index in [0.29, 0.717) is 0 Å². The normalized spacial score (nSPS) is 27.6. The van der Waals surface area contributed by atoms with Crippen molar-refractivity contribution in [2.75, 3.05) is 0 Å². The lowest BCUT2D eigenvalue weighted by atomic mass is 9.84. The number of nitrogens with zero attached hydrogens (tertiary/aromatic N) is 1. The highest BCUT2D eigenvalue weighted by atomic mass is 32.2. The second-order valence-electron chi connectivity index (χ2n) is 3.65. The third-order valence-electron chi connectivity index (χ3n) is 2.78. The lowest BCUT2D eigenvalue weighted by Crippen LogP contribution is -2.32. The van der Waals surface area contributed by atoms with E-state index < -0.39 is 5.60 Å². The molecule has 1 heterocycles. The molecule has 0 atom stereocenters. The SMILES string of the molecule is N#C/C=C1/SC(=O)OC12CCCCC2. The molecular weight excluding hydrogens is 198 g/mol. The van der Waals surface area contributed by atoms with Crippen LogP contribution in [0.25, 0.3) is 0 Å². The van der Waals surface area contributed by atoms with E-state index in [1.54, 1.807) is 0 Å². The quantitative estimate of drug-likeness (QED) is 0.454. The molecule has 74 valence electrons. The Morgan fingerprint density at radius 1 is 1.43 bits per heavy atom. The molecule has 1 saturated heterocycles. The number of ether oxygens (including phenoxy) is 1. The van der Waals surface area contributed by atoms with E-state index in [2.05, 4.69) is 0 Å². The Labute approximate surface area is 87.1 Å². The van der Waals surface area contributed by atoms with Crippen molar-refractivity contribution in [3.8, 4) is 6.07 Å². The molecule has 2 aliphatic rings. The first-order valence-corrected chi connectivity index (χ1v) is 5.60. The van der Waals surface area contributed by atoms with Crippen LogP contribution in [0.2, 0.25) is 0 Å². The van der Waals surface area contributed by atoms with Crippen LogP contribution in [0.4, 0.5) is 4.79 Å². The lowest BCUT2D eigenvalue weighted by molar-refractivity contribution is 0.0414. The summed E-state index contributed by atoms with van der Waals surface area (Å²) in [6, 6.07) is 1.99. The molecule has 0 bridgehead atoms. The minimum Gasteiger partial charge on any atom is -0.445 e. The molecule has 4 heteroatoms. The number of rotatable bonds is 0. The van der Waals surface area contributed by atoms with Crippen LogP contribution in [0.1, 0.15) is 32.1 Å². The number of hydrogen-bond donors (Lipinski definition) is 0. The highest BCUT2D eigenvalue weighted by molar-refractivity contribution is 8.17. The fourth-order valence-electron chi connectivity index (χ4n) is 2.10. The van der Waals surface area contributed by atoms with E-state index >= 15 is 0 Å². The average molecular weight is 209 g/mol. The lowest BCUT2D eigenvalue weighted by Gasteiger charge is -2.31. The van der Waals surface area contributed by atoms with Crippen molar-refractivity contribution >= 4 is 17.1 Å². The molecule has 0 amide bonds. The second kappa shape index (κ2) is 3.66. The Balaban J connectivity index is 2.27. The fraction of sp³-hybridized carbons (Fsp3) is 0.600. The Morgan fingerprint density at radius 2 is 2.14 bits per heavy atom. The minimum absolute atomic E-state index is 0.256. The van der Waals surface area contributed by atoms with Gasteiger partial charge in [-0.05, 0) is 37.4 Å². The van der Waals surface area contributed by atoms with Gasteiger partial charge in [-0.25, -0.2) is 4.79 Å². The Hall–Kier alpha value is -0.950. The molecule has 14 heavy (non-hydrogen) atoms. The number of carbonyl (C=O) groups is 1. The van der Waals surface area contributed by atoms with Crippen molar-refractivity contribution in [3.63, 3.8) is 0 Å². The van der Waals surface area contributed by atoms with Gasteiger partial charge in [0.15, 0.2) is 0 Å². The van der Waals surface area contributed by atoms with E-state index in [1.807, 2.05) is 6.07 Å². The number of hydrogen-bond acceptors (Lipinski definition) is 4. The summed E-state index contributed by atoms with van der Waals surface area (Å²) < 4.78 is 5.36. The molecule has 1 spiro atoms. The Morgan fingerprint density at radius 3 is 2.79 bits per heavy atom. The molecule has 2 fully saturated rings. The van der Waals surface area contributed by atoms with Crippen molar-refractivity contribution in [2.45, 2.75) is 37.7 Å². The van der Waals surface area contributed by atoms with E-state index in [9.17, 15) is 4.79 Å². The number of thioether (sulfide) groups is 1. The van der Waals surface area contributed by atoms with Crippen LogP contribution in [-0.4, -0.2) is 10.9 Å². The molecule has 0 radical (unpaired) electrons. The maximum absolute atomic E-state index is 11.2. The molecule has 2 rings (SSSR count). The first-order chi connectivity index (χ1) is 6.77. The Kier molecular flexibility index (Phi) is 2.51. The maximum Gasteiger partial charge on any atom is 0.372 e. The summed E-state index contributed by atoms with van der Waals surface area (Å²) in [5, 5.41) is 8.36. The van der Waals surface area contributed by atoms with Gasteiger partial charge in [-0.1, -0.05) is 6.42 Å². The van der Waals surface area contributed by atoms with Crippen molar-refractivity contribution in [1.82, 2.24) is 0 Å². The minimum atomic E-state index is -0.435. The molecule has 0 aromatic heterocycles. The first kappa shape index (κ1) is 9.60. The molecule has 3 nitrogen and oxygen atoms in total. The highest BCUT2D eigenvalue weighted by Crippen LogP contribution is 2.48. The summed E-state index contributed by atoms with van der Waals surface area (Å²) in [5.41, 5.74) is -0.435. The van der Waals surface area contributed by atoms with E-state index in [4.69, 9.17) is 10.00 Å². The van der Waals surface area contributed by atoms with Crippen LogP contribution in [0.15, 0.2) is 11.0 Å². The Bertz CT molecular complexity index is 324. The van der Waals surface area contributed by atoms with Gasteiger partial charge in [0, 0.05) is 6.08 Å². The standard InChI is InChI=1S/C10H11NO2S/c11-7-4-8-10(13-9(12)14-8)5-2-1-3-6-10/h4H,1-3,5-6H2/b8-4+. The van der Waals surface area contributed by atoms with Gasteiger partial charge in [0.1, 0.15) is 5.60 Å². The number of nitriles is 1. The largest absolute Gasteiger partial charge is 0.445 e. The molecule has 1 aliphatic heterocycles. The van der Waals surface area contributed by atoms with Crippen LogP contribution in [-0.2, 0) is 4.74 Å². The van der Waals surface area contributed by atoms with Gasteiger partial charge in [0.2, 0.25) is 0 Å². The molecule has 0 aromatic carbocycles. The van der Waals surface area contributed by atoms with Gasteiger partial charge < -0.3 is 4.74 Å². The topological polar surface area (TPSA) is 50.1 Å². The van der Waals surface area contributed by atoms with Crippen molar-refractivity contribution in [3.05, 3.63) is 11.0 Å². The zero-order valence-corrected chi connectivity index (χ0v) is 8.60. The summed E-state index contributed by atoms with van der Waals surface area (Å²) in [7, 11) is 0. The molecule has 0 aromatic rings. The maximum atomic E-state index is 11.2. The summed E-state index contributed by atoms with van der Waals surface area (Å²) in [6.07, 6.45) is 6.57. The molecule has 0 unspecified atom stereocenters. The van der Waals surface area contributed by atoms with Crippen LogP contribution in [0.3, 0.4) is 0 Å². The van der Waals surface area contributed by atoms with Gasteiger partial charge >= 0.3 is 5.30 Å². The predicted octanol–water partition coefficient (Wildman–Crippen LogP) is 2.98. The van der Waals surface area contributed by atoms with Gasteiger partial charge in [0.25, 0.3) is 0 Å². The van der Waals surface area contributed by atoms with E-state index in [-0.39, 0.29) is 5.30 Å². The molecule has 1 aliphatic carbocycles. The summed E-state index contributed by atoms with van der Waals surface area (Å²) in [6.45, 7) is 0. The third kappa shape index (κ3) is 1.53. The van der Waals surface area contributed by atoms with Gasteiger partial charge in [-0.3, -0.25) is 0 Å². The fourth-order valence-corrected chi connectivity index (χ4v) is 3.03. The highest BCUT2D eigenvalue weighted by Gasteiger charge is 2.46. The number of allylic oxidation sites excluding steroid dienone is 1. The van der Waals surface area contributed by atoms with Crippen molar-refractivity contribution < 1.29 is 9.53 Å². The zero-order chi connectivity index (χ0) is 10.0.